The average Bonchev–Trinajstić information content (AvgIpc) is 3.10. The quantitative estimate of drug-likeness (QED) is 0.438. The normalized spacial score (nSPS) is 13.1. The van der Waals surface area contributed by atoms with E-state index in [0.717, 1.165) is 58.2 Å². The number of rotatable bonds is 5. The van der Waals surface area contributed by atoms with Crippen LogP contribution in [0.1, 0.15) is 46.5 Å². The number of fused-ring (bicyclic) bond motifs is 1. The lowest BCUT2D eigenvalue weighted by atomic mass is 9.90. The molecule has 0 spiro atoms. The van der Waals surface area contributed by atoms with Crippen LogP contribution in [0, 0.1) is 5.82 Å². The molecule has 0 aliphatic heterocycles. The van der Waals surface area contributed by atoms with Crippen LogP contribution in [-0.4, -0.2) is 24.9 Å². The molecule has 2 aromatic heterocycles. The monoisotopic (exact) mass is 446 g/mol. The molecule has 7 nitrogen and oxygen atoms in total. The summed E-state index contributed by atoms with van der Waals surface area (Å²) in [7, 11) is 0. The highest BCUT2D eigenvalue weighted by Crippen LogP contribution is 2.26. The molecular formula is C25H23FN4O3. The number of halogens is 1. The summed E-state index contributed by atoms with van der Waals surface area (Å²) < 4.78 is 15.7. The number of benzene rings is 2. The summed E-state index contributed by atoms with van der Waals surface area (Å²) in [4.78, 5) is 27.4. The second kappa shape index (κ2) is 8.54. The summed E-state index contributed by atoms with van der Waals surface area (Å²) in [5.74, 6) is -0.947. The molecule has 5 rings (SSSR count). The van der Waals surface area contributed by atoms with Gasteiger partial charge in [0, 0.05) is 18.4 Å². The highest BCUT2D eigenvalue weighted by Gasteiger charge is 2.20. The van der Waals surface area contributed by atoms with Crippen LogP contribution < -0.4 is 11.2 Å². The topological polar surface area (TPSA) is 104 Å². The Bertz CT molecular complexity index is 1440. The van der Waals surface area contributed by atoms with Gasteiger partial charge in [-0.15, -0.1) is 0 Å². The van der Waals surface area contributed by atoms with Crippen molar-refractivity contribution < 1.29 is 9.50 Å². The van der Waals surface area contributed by atoms with Crippen LogP contribution in [0.4, 0.5) is 4.39 Å². The lowest BCUT2D eigenvalue weighted by molar-refractivity contribution is 0.432. The van der Waals surface area contributed by atoms with E-state index in [1.807, 2.05) is 30.3 Å². The fraction of sp³-hybridized carbons (Fsp3) is 0.240. The van der Waals surface area contributed by atoms with Gasteiger partial charge >= 0.3 is 5.69 Å². The minimum absolute atomic E-state index is 0.0381. The lowest BCUT2D eigenvalue weighted by Crippen LogP contribution is -2.23. The molecule has 1 aliphatic carbocycles. The minimum atomic E-state index is -0.627. The van der Waals surface area contributed by atoms with Gasteiger partial charge in [0.25, 0.3) is 5.56 Å². The van der Waals surface area contributed by atoms with Crippen molar-refractivity contribution in [2.24, 2.45) is 0 Å². The van der Waals surface area contributed by atoms with Gasteiger partial charge in [0.05, 0.1) is 17.1 Å². The van der Waals surface area contributed by atoms with Gasteiger partial charge in [-0.2, -0.15) is 5.10 Å². The first kappa shape index (κ1) is 20.9. The smallest absolute Gasteiger partial charge is 0.333 e. The van der Waals surface area contributed by atoms with E-state index in [1.54, 1.807) is 12.1 Å². The molecule has 0 radical (unpaired) electrons. The van der Waals surface area contributed by atoms with E-state index in [-0.39, 0.29) is 17.1 Å². The molecule has 0 atom stereocenters. The number of imidazole rings is 1. The number of nitrogens with zero attached hydrogens (tertiary/aromatic N) is 2. The van der Waals surface area contributed by atoms with Gasteiger partial charge < -0.3 is 10.1 Å². The summed E-state index contributed by atoms with van der Waals surface area (Å²) in [6, 6.07) is 13.8. The minimum Gasteiger partial charge on any atom is -0.493 e. The van der Waals surface area contributed by atoms with Crippen molar-refractivity contribution >= 4 is 0 Å². The Labute approximate surface area is 188 Å². The third-order valence-electron chi connectivity index (χ3n) is 6.17. The van der Waals surface area contributed by atoms with Gasteiger partial charge in [-0.25, -0.2) is 18.9 Å². The van der Waals surface area contributed by atoms with Crippen LogP contribution in [-0.2, 0) is 25.7 Å². The van der Waals surface area contributed by atoms with Crippen molar-refractivity contribution in [1.29, 1.82) is 0 Å². The van der Waals surface area contributed by atoms with Crippen LogP contribution in [0.3, 0.4) is 0 Å². The predicted molar refractivity (Wildman–Crippen MR) is 122 cm³/mol. The Kier molecular flexibility index (Phi) is 5.42. The molecule has 0 bridgehead atoms. The second-order valence-corrected chi connectivity index (χ2v) is 8.36. The molecule has 4 aromatic rings. The van der Waals surface area contributed by atoms with Gasteiger partial charge in [0.2, 0.25) is 5.88 Å². The fourth-order valence-corrected chi connectivity index (χ4v) is 4.53. The van der Waals surface area contributed by atoms with Crippen LogP contribution >= 0.6 is 0 Å². The Morgan fingerprint density at radius 1 is 0.970 bits per heavy atom. The highest BCUT2D eigenvalue weighted by atomic mass is 19.1. The van der Waals surface area contributed by atoms with Gasteiger partial charge in [-0.3, -0.25) is 4.79 Å². The first-order valence-electron chi connectivity index (χ1n) is 11.0. The van der Waals surface area contributed by atoms with Crippen LogP contribution in [0.25, 0.3) is 5.69 Å². The molecule has 33 heavy (non-hydrogen) atoms. The maximum Gasteiger partial charge on any atom is 0.333 e. The Morgan fingerprint density at radius 2 is 1.73 bits per heavy atom. The number of H-pyrrole nitrogens is 2. The predicted octanol–water partition coefficient (Wildman–Crippen LogP) is 3.15. The molecule has 0 amide bonds. The first-order valence-corrected chi connectivity index (χ1v) is 11.0. The van der Waals surface area contributed by atoms with Crippen LogP contribution in [0.2, 0.25) is 0 Å². The molecule has 3 N–H and O–H groups in total. The Hall–Kier alpha value is -3.94. The van der Waals surface area contributed by atoms with E-state index < -0.39 is 11.5 Å². The molecular weight excluding hydrogens is 423 g/mol. The number of hydrogen-bond donors (Lipinski definition) is 3. The van der Waals surface area contributed by atoms with E-state index in [1.165, 1.54) is 6.07 Å². The molecule has 0 fully saturated rings. The lowest BCUT2D eigenvalue weighted by Gasteiger charge is -2.17. The van der Waals surface area contributed by atoms with Crippen LogP contribution in [0.5, 0.6) is 5.88 Å². The summed E-state index contributed by atoms with van der Waals surface area (Å²) in [6.07, 6.45) is 4.17. The van der Waals surface area contributed by atoms with Crippen molar-refractivity contribution in [2.45, 2.75) is 38.5 Å². The average molecular weight is 446 g/mol. The van der Waals surface area contributed by atoms with Gasteiger partial charge in [-0.05, 0) is 54.5 Å². The summed E-state index contributed by atoms with van der Waals surface area (Å²) >= 11 is 0. The summed E-state index contributed by atoms with van der Waals surface area (Å²) in [5, 5.41) is 17.5. The van der Waals surface area contributed by atoms with Gasteiger partial charge in [0.1, 0.15) is 5.82 Å². The first-order chi connectivity index (χ1) is 16.0. The number of aromatic nitrogens is 4. The molecule has 2 aromatic carbocycles. The molecule has 168 valence electrons. The standard InChI is InChI=1S/C25H23FN4O3/c26-19-11-10-16(13-20-17-8-4-5-9-18(17)23(31)29-28-20)14-22(19)30-24(32)21(27-25(30)33)12-15-6-2-1-3-7-15/h1-3,6-7,10-11,14,32H,4-5,8-9,12-13H2,(H,27,33)(H,29,31). The zero-order chi connectivity index (χ0) is 22.9. The molecule has 1 aliphatic rings. The maximum atomic E-state index is 14.8. The zero-order valence-corrected chi connectivity index (χ0v) is 17.9. The molecule has 8 heteroatoms. The molecule has 0 saturated heterocycles. The number of hydrogen-bond acceptors (Lipinski definition) is 4. The van der Waals surface area contributed by atoms with E-state index in [2.05, 4.69) is 15.2 Å². The number of nitrogens with one attached hydrogen (secondary N) is 2. The highest BCUT2D eigenvalue weighted by molar-refractivity contribution is 5.44. The van der Waals surface area contributed by atoms with E-state index in [9.17, 15) is 19.1 Å². The van der Waals surface area contributed by atoms with Gasteiger partial charge in [0.15, 0.2) is 0 Å². The van der Waals surface area contributed by atoms with Crippen LogP contribution in [0.15, 0.2) is 58.1 Å². The molecule has 0 unspecified atom stereocenters. The van der Waals surface area contributed by atoms with Crippen molar-refractivity contribution in [3.8, 4) is 11.6 Å². The number of aromatic hydroxyl groups is 1. The third kappa shape index (κ3) is 4.00. The fourth-order valence-electron chi connectivity index (χ4n) is 4.53. The molecule has 2 heterocycles. The van der Waals surface area contributed by atoms with E-state index >= 15 is 0 Å². The third-order valence-corrected chi connectivity index (χ3v) is 6.17. The Morgan fingerprint density at radius 3 is 2.52 bits per heavy atom. The SMILES string of the molecule is O=c1[nH]nc(Cc2ccc(F)c(-n3c(O)c(Cc4ccccc4)[nH]c3=O)c2)c2c1CCCC2. The largest absolute Gasteiger partial charge is 0.493 e. The maximum absolute atomic E-state index is 14.8. The van der Waals surface area contributed by atoms with Gasteiger partial charge in [-0.1, -0.05) is 36.4 Å². The second-order valence-electron chi connectivity index (χ2n) is 8.36. The molecule has 0 saturated carbocycles. The van der Waals surface area contributed by atoms with Crippen molar-refractivity contribution in [2.75, 3.05) is 0 Å². The number of aromatic amines is 2. The van der Waals surface area contributed by atoms with Crippen molar-refractivity contribution in [3.63, 3.8) is 0 Å². The Balaban J connectivity index is 1.51. The summed E-state index contributed by atoms with van der Waals surface area (Å²) in [6.45, 7) is 0. The van der Waals surface area contributed by atoms with E-state index in [4.69, 9.17) is 0 Å². The van der Waals surface area contributed by atoms with E-state index in [0.29, 0.717) is 18.5 Å². The van der Waals surface area contributed by atoms with Crippen molar-refractivity contribution in [1.82, 2.24) is 19.7 Å². The van der Waals surface area contributed by atoms with Crippen molar-refractivity contribution in [3.05, 3.63) is 109 Å². The zero-order valence-electron chi connectivity index (χ0n) is 17.9. The summed E-state index contributed by atoms with van der Waals surface area (Å²) in [5.41, 5.74) is 3.62.